The van der Waals surface area contributed by atoms with Crippen LogP contribution in [-0.4, -0.2) is 29.0 Å². The molecular weight excluding hydrogens is 260 g/mol. The molecule has 1 aliphatic heterocycles. The van der Waals surface area contributed by atoms with Crippen molar-refractivity contribution in [3.05, 3.63) is 59.4 Å². The minimum Gasteiger partial charge on any atom is -0.353 e. The van der Waals surface area contributed by atoms with Gasteiger partial charge in [0.2, 0.25) is 0 Å². The smallest absolute Gasteiger partial charge is 0.194 e. The predicted molar refractivity (Wildman–Crippen MR) is 86.2 cm³/mol. The highest BCUT2D eigenvalue weighted by atomic mass is 15.3. The number of aryl methyl sites for hydroxylation is 1. The summed E-state index contributed by atoms with van der Waals surface area (Å²) in [6, 6.07) is 12.9. The average molecular weight is 282 g/mol. The Hall–Kier alpha value is -2.23. The van der Waals surface area contributed by atoms with Crippen molar-refractivity contribution in [2.45, 2.75) is 19.5 Å². The molecule has 3 rings (SSSR count). The maximum absolute atomic E-state index is 4.44. The molecule has 2 heterocycles. The minimum absolute atomic E-state index is 0.800. The van der Waals surface area contributed by atoms with E-state index in [2.05, 4.69) is 69.4 Å². The summed E-state index contributed by atoms with van der Waals surface area (Å²) in [5.74, 6) is 0.978. The van der Waals surface area contributed by atoms with E-state index in [-0.39, 0.29) is 0 Å². The van der Waals surface area contributed by atoms with Gasteiger partial charge in [-0.1, -0.05) is 24.3 Å². The summed E-state index contributed by atoms with van der Waals surface area (Å²) in [4.78, 5) is 6.76. The molecule has 0 saturated carbocycles. The van der Waals surface area contributed by atoms with Gasteiger partial charge >= 0.3 is 0 Å². The zero-order valence-electron chi connectivity index (χ0n) is 12.7. The number of aliphatic imine (C=N–C) groups is 1. The van der Waals surface area contributed by atoms with Crippen molar-refractivity contribution in [3.63, 3.8) is 0 Å². The number of hydrogen-bond donors (Lipinski definition) is 1. The second-order valence-electron chi connectivity index (χ2n) is 5.45. The second-order valence-corrected chi connectivity index (χ2v) is 5.45. The van der Waals surface area contributed by atoms with Crippen LogP contribution in [0.2, 0.25) is 0 Å². The van der Waals surface area contributed by atoms with Crippen molar-refractivity contribution >= 4 is 5.96 Å². The monoisotopic (exact) mass is 282 g/mol. The third-order valence-corrected chi connectivity index (χ3v) is 4.12. The van der Waals surface area contributed by atoms with E-state index < -0.39 is 0 Å². The Morgan fingerprint density at radius 3 is 2.71 bits per heavy atom. The molecule has 0 radical (unpaired) electrons. The molecule has 0 aliphatic carbocycles. The third kappa shape index (κ3) is 2.94. The van der Waals surface area contributed by atoms with Gasteiger partial charge < -0.3 is 14.8 Å². The highest BCUT2D eigenvalue weighted by Gasteiger charge is 2.18. The molecule has 110 valence electrons. The van der Waals surface area contributed by atoms with E-state index in [1.807, 2.05) is 7.05 Å². The molecule has 1 N–H and O–H groups in total. The molecule has 2 aromatic rings. The minimum atomic E-state index is 0.800. The molecule has 1 aromatic carbocycles. The van der Waals surface area contributed by atoms with Crippen LogP contribution in [0.1, 0.15) is 16.8 Å². The van der Waals surface area contributed by atoms with Gasteiger partial charge in [0.25, 0.3) is 0 Å². The summed E-state index contributed by atoms with van der Waals surface area (Å²) in [7, 11) is 3.92. The Morgan fingerprint density at radius 2 is 2.00 bits per heavy atom. The highest BCUT2D eigenvalue weighted by molar-refractivity contribution is 5.80. The molecule has 0 fully saturated rings. The lowest BCUT2D eigenvalue weighted by atomic mass is 10.0. The summed E-state index contributed by atoms with van der Waals surface area (Å²) < 4.78 is 2.13. The Labute approximate surface area is 126 Å². The SMILES string of the molecule is CN=C(NCc1cccn1C)N1CCc2ccccc2C1. The van der Waals surface area contributed by atoms with E-state index >= 15 is 0 Å². The van der Waals surface area contributed by atoms with Crippen LogP contribution in [-0.2, 0) is 26.6 Å². The molecular formula is C17H22N4. The summed E-state index contributed by atoms with van der Waals surface area (Å²) in [5, 5.41) is 3.47. The number of benzene rings is 1. The average Bonchev–Trinajstić information content (AvgIpc) is 2.93. The van der Waals surface area contributed by atoms with Gasteiger partial charge in [0.15, 0.2) is 5.96 Å². The molecule has 0 spiro atoms. The van der Waals surface area contributed by atoms with E-state index in [0.29, 0.717) is 0 Å². The fraction of sp³-hybridized carbons (Fsp3) is 0.353. The number of rotatable bonds is 2. The summed E-state index contributed by atoms with van der Waals surface area (Å²) >= 11 is 0. The zero-order valence-corrected chi connectivity index (χ0v) is 12.7. The van der Waals surface area contributed by atoms with Crippen LogP contribution in [0, 0.1) is 0 Å². The lowest BCUT2D eigenvalue weighted by Gasteiger charge is -2.31. The van der Waals surface area contributed by atoms with Gasteiger partial charge in [-0.3, -0.25) is 4.99 Å². The highest BCUT2D eigenvalue weighted by Crippen LogP contribution is 2.18. The van der Waals surface area contributed by atoms with Crippen molar-refractivity contribution < 1.29 is 0 Å². The molecule has 0 bridgehead atoms. The van der Waals surface area contributed by atoms with Crippen LogP contribution in [0.25, 0.3) is 0 Å². The molecule has 0 saturated heterocycles. The molecule has 0 atom stereocenters. The van der Waals surface area contributed by atoms with Crippen molar-refractivity contribution in [3.8, 4) is 0 Å². The molecule has 1 aliphatic rings. The van der Waals surface area contributed by atoms with Crippen LogP contribution in [0.5, 0.6) is 0 Å². The fourth-order valence-corrected chi connectivity index (χ4v) is 2.86. The standard InChI is InChI=1S/C17H22N4/c1-18-17(19-12-16-8-5-10-20(16)2)21-11-9-14-6-3-4-7-15(14)13-21/h3-8,10H,9,11-13H2,1-2H3,(H,18,19). The first-order valence-corrected chi connectivity index (χ1v) is 7.40. The van der Waals surface area contributed by atoms with Gasteiger partial charge in [-0.25, -0.2) is 0 Å². The van der Waals surface area contributed by atoms with Crippen LogP contribution >= 0.6 is 0 Å². The van der Waals surface area contributed by atoms with Gasteiger partial charge in [-0.2, -0.15) is 0 Å². The quantitative estimate of drug-likeness (QED) is 0.676. The number of hydrogen-bond acceptors (Lipinski definition) is 1. The topological polar surface area (TPSA) is 32.6 Å². The lowest BCUT2D eigenvalue weighted by Crippen LogP contribution is -2.43. The van der Waals surface area contributed by atoms with E-state index in [0.717, 1.165) is 32.0 Å². The van der Waals surface area contributed by atoms with Crippen LogP contribution in [0.4, 0.5) is 0 Å². The van der Waals surface area contributed by atoms with Gasteiger partial charge in [-0.15, -0.1) is 0 Å². The van der Waals surface area contributed by atoms with Gasteiger partial charge in [0.05, 0.1) is 6.54 Å². The Balaban J connectivity index is 1.67. The number of fused-ring (bicyclic) bond motifs is 1. The summed E-state index contributed by atoms with van der Waals surface area (Å²) in [6.07, 6.45) is 3.15. The van der Waals surface area contributed by atoms with E-state index in [9.17, 15) is 0 Å². The van der Waals surface area contributed by atoms with Gasteiger partial charge in [0, 0.05) is 39.1 Å². The summed E-state index contributed by atoms with van der Waals surface area (Å²) in [6.45, 7) is 2.75. The van der Waals surface area contributed by atoms with Crippen molar-refractivity contribution in [1.29, 1.82) is 0 Å². The Bertz CT molecular complexity index is 642. The van der Waals surface area contributed by atoms with Crippen molar-refractivity contribution in [1.82, 2.24) is 14.8 Å². The van der Waals surface area contributed by atoms with Crippen molar-refractivity contribution in [2.24, 2.45) is 12.0 Å². The Morgan fingerprint density at radius 1 is 1.19 bits per heavy atom. The van der Waals surface area contributed by atoms with E-state index in [4.69, 9.17) is 0 Å². The molecule has 0 amide bonds. The first-order valence-electron chi connectivity index (χ1n) is 7.40. The normalized spacial score (nSPS) is 15.0. The molecule has 4 heteroatoms. The second kappa shape index (κ2) is 6.04. The zero-order chi connectivity index (χ0) is 14.7. The van der Waals surface area contributed by atoms with Gasteiger partial charge in [-0.05, 0) is 29.7 Å². The first kappa shape index (κ1) is 13.7. The van der Waals surface area contributed by atoms with E-state index in [1.54, 1.807) is 0 Å². The lowest BCUT2D eigenvalue weighted by molar-refractivity contribution is 0.378. The Kier molecular flexibility index (Phi) is 3.95. The van der Waals surface area contributed by atoms with Crippen LogP contribution in [0.3, 0.4) is 0 Å². The first-order chi connectivity index (χ1) is 10.3. The van der Waals surface area contributed by atoms with Crippen LogP contribution in [0.15, 0.2) is 47.6 Å². The number of nitrogens with one attached hydrogen (secondary N) is 1. The molecule has 0 unspecified atom stereocenters. The fourth-order valence-electron chi connectivity index (χ4n) is 2.86. The number of nitrogens with zero attached hydrogens (tertiary/aromatic N) is 3. The summed E-state index contributed by atoms with van der Waals surface area (Å²) in [5.41, 5.74) is 4.13. The maximum Gasteiger partial charge on any atom is 0.194 e. The van der Waals surface area contributed by atoms with E-state index in [1.165, 1.54) is 16.8 Å². The molecule has 1 aromatic heterocycles. The van der Waals surface area contributed by atoms with Crippen LogP contribution < -0.4 is 5.32 Å². The molecule has 21 heavy (non-hydrogen) atoms. The molecule has 4 nitrogen and oxygen atoms in total. The predicted octanol–water partition coefficient (Wildman–Crippen LogP) is 2.16. The number of guanidine groups is 1. The van der Waals surface area contributed by atoms with Crippen molar-refractivity contribution in [2.75, 3.05) is 13.6 Å². The third-order valence-electron chi connectivity index (χ3n) is 4.12. The van der Waals surface area contributed by atoms with Gasteiger partial charge in [0.1, 0.15) is 0 Å². The largest absolute Gasteiger partial charge is 0.353 e. The number of aromatic nitrogens is 1. The maximum atomic E-state index is 4.44.